The van der Waals surface area contributed by atoms with Gasteiger partial charge in [0, 0.05) is 35.3 Å². The number of fused-ring (bicyclic) bond motifs is 1. The van der Waals surface area contributed by atoms with Crippen molar-refractivity contribution < 1.29 is 14.0 Å². The number of thioether (sulfide) groups is 1. The van der Waals surface area contributed by atoms with E-state index in [1.165, 1.54) is 35.0 Å². The Morgan fingerprint density at radius 1 is 1.06 bits per heavy atom. The van der Waals surface area contributed by atoms with Crippen LogP contribution in [0.4, 0.5) is 4.39 Å². The van der Waals surface area contributed by atoms with E-state index in [1.54, 1.807) is 11.8 Å². The van der Waals surface area contributed by atoms with Crippen LogP contribution < -0.4 is 10.9 Å². The van der Waals surface area contributed by atoms with Crippen LogP contribution in [-0.2, 0) is 13.0 Å². The van der Waals surface area contributed by atoms with Gasteiger partial charge in [0.25, 0.3) is 11.5 Å². The van der Waals surface area contributed by atoms with Gasteiger partial charge in [0.15, 0.2) is 5.78 Å². The molecule has 1 amide bonds. The molecule has 0 aliphatic heterocycles. The number of aromatic nitrogens is 1. The maximum Gasteiger partial charge on any atom is 0.268 e. The van der Waals surface area contributed by atoms with Crippen LogP contribution in [0.5, 0.6) is 0 Å². The SMILES string of the molecule is CSc1ccc(CNC(=O)c2c3c(cn(-c4ccc(F)cc4)c2=O)C(=O)CC(C)(C)C3)cc1. The molecule has 33 heavy (non-hydrogen) atoms. The molecule has 0 saturated carbocycles. The van der Waals surface area contributed by atoms with Crippen LogP contribution >= 0.6 is 11.8 Å². The van der Waals surface area contributed by atoms with Gasteiger partial charge in [0.05, 0.1) is 0 Å². The molecule has 3 aromatic rings. The zero-order chi connectivity index (χ0) is 23.8. The number of carbonyl (C=O) groups excluding carboxylic acids is 2. The molecule has 4 rings (SSSR count). The van der Waals surface area contributed by atoms with Crippen LogP contribution in [0.1, 0.15) is 52.1 Å². The first-order valence-corrected chi connectivity index (χ1v) is 11.9. The molecule has 1 aromatic heterocycles. The second-order valence-corrected chi connectivity index (χ2v) is 9.90. The number of ketones is 1. The van der Waals surface area contributed by atoms with Crippen molar-refractivity contribution in [1.29, 1.82) is 0 Å². The summed E-state index contributed by atoms with van der Waals surface area (Å²) >= 11 is 1.63. The number of benzene rings is 2. The van der Waals surface area contributed by atoms with E-state index in [1.807, 2.05) is 44.4 Å². The molecule has 0 saturated heterocycles. The van der Waals surface area contributed by atoms with Gasteiger partial charge >= 0.3 is 0 Å². The standard InChI is InChI=1S/C26H25FN2O3S/c1-26(2)12-20-21(22(30)13-26)15-29(18-8-6-17(27)7-9-18)25(32)23(20)24(31)28-14-16-4-10-19(33-3)11-5-16/h4-11,15H,12-14H2,1-3H3,(H,28,31). The Morgan fingerprint density at radius 2 is 1.73 bits per heavy atom. The molecule has 2 aromatic carbocycles. The Bertz CT molecular complexity index is 1280. The van der Waals surface area contributed by atoms with Gasteiger partial charge in [-0.1, -0.05) is 26.0 Å². The largest absolute Gasteiger partial charge is 0.348 e. The second kappa shape index (κ2) is 8.98. The van der Waals surface area contributed by atoms with Crippen LogP contribution in [-0.4, -0.2) is 22.5 Å². The average molecular weight is 465 g/mol. The van der Waals surface area contributed by atoms with E-state index in [4.69, 9.17) is 0 Å². The smallest absolute Gasteiger partial charge is 0.268 e. The molecule has 0 atom stereocenters. The van der Waals surface area contributed by atoms with E-state index in [0.29, 0.717) is 29.7 Å². The number of hydrogen-bond donors (Lipinski definition) is 1. The van der Waals surface area contributed by atoms with Crippen molar-refractivity contribution in [2.24, 2.45) is 5.41 Å². The summed E-state index contributed by atoms with van der Waals surface area (Å²) in [5, 5.41) is 2.84. The lowest BCUT2D eigenvalue weighted by atomic mass is 9.73. The predicted octanol–water partition coefficient (Wildman–Crippen LogP) is 4.78. The first-order chi connectivity index (χ1) is 15.7. The van der Waals surface area contributed by atoms with Crippen molar-refractivity contribution in [3.63, 3.8) is 0 Å². The fraction of sp³-hybridized carbons (Fsp3) is 0.269. The van der Waals surface area contributed by atoms with Crippen LogP contribution in [0.25, 0.3) is 5.69 Å². The number of carbonyl (C=O) groups is 2. The third-order valence-corrected chi connectivity index (χ3v) is 6.60. The number of hydrogen-bond acceptors (Lipinski definition) is 4. The highest BCUT2D eigenvalue weighted by Crippen LogP contribution is 2.35. The van der Waals surface area contributed by atoms with E-state index < -0.39 is 17.3 Å². The van der Waals surface area contributed by atoms with Crippen molar-refractivity contribution >= 4 is 23.5 Å². The molecule has 170 valence electrons. The molecule has 7 heteroatoms. The minimum Gasteiger partial charge on any atom is -0.348 e. The average Bonchev–Trinajstić information content (AvgIpc) is 2.77. The van der Waals surface area contributed by atoms with Crippen LogP contribution in [0.3, 0.4) is 0 Å². The zero-order valence-electron chi connectivity index (χ0n) is 18.8. The molecule has 0 radical (unpaired) electrons. The third-order valence-electron chi connectivity index (χ3n) is 5.86. The second-order valence-electron chi connectivity index (χ2n) is 9.02. The minimum absolute atomic E-state index is 0.0290. The van der Waals surface area contributed by atoms with Crippen LogP contribution in [0.15, 0.2) is 64.4 Å². The fourth-order valence-electron chi connectivity index (χ4n) is 4.19. The molecule has 5 nitrogen and oxygen atoms in total. The molecular formula is C26H25FN2O3S. The maximum absolute atomic E-state index is 13.5. The minimum atomic E-state index is -0.527. The summed E-state index contributed by atoms with van der Waals surface area (Å²) in [5.41, 5.74) is 1.23. The first kappa shape index (κ1) is 23.0. The van der Waals surface area contributed by atoms with Gasteiger partial charge in [0.2, 0.25) is 0 Å². The molecule has 1 N–H and O–H groups in total. The van der Waals surface area contributed by atoms with Crippen molar-refractivity contribution in [3.05, 3.63) is 93.2 Å². The number of nitrogens with zero attached hydrogens (tertiary/aromatic N) is 1. The topological polar surface area (TPSA) is 68.2 Å². The molecule has 0 unspecified atom stereocenters. The highest BCUT2D eigenvalue weighted by atomic mass is 32.2. The number of Topliss-reactive ketones (excluding diaryl/α,β-unsaturated/α-hetero) is 1. The molecule has 0 spiro atoms. The summed E-state index contributed by atoms with van der Waals surface area (Å²) in [6.07, 6.45) is 4.24. The van der Waals surface area contributed by atoms with E-state index in [-0.39, 0.29) is 23.3 Å². The lowest BCUT2D eigenvalue weighted by Gasteiger charge is -2.31. The highest BCUT2D eigenvalue weighted by molar-refractivity contribution is 7.98. The Labute approximate surface area is 196 Å². The molecular weight excluding hydrogens is 439 g/mol. The summed E-state index contributed by atoms with van der Waals surface area (Å²) in [5.74, 6) is -1.07. The number of amides is 1. The van der Waals surface area contributed by atoms with Gasteiger partial charge in [-0.15, -0.1) is 11.8 Å². The number of pyridine rings is 1. The summed E-state index contributed by atoms with van der Waals surface area (Å²) in [7, 11) is 0. The molecule has 1 aliphatic rings. The zero-order valence-corrected chi connectivity index (χ0v) is 19.6. The molecule has 1 heterocycles. The summed E-state index contributed by atoms with van der Waals surface area (Å²) in [6.45, 7) is 4.16. The normalized spacial score (nSPS) is 14.6. The first-order valence-electron chi connectivity index (χ1n) is 10.7. The van der Waals surface area contributed by atoms with Gasteiger partial charge in [0.1, 0.15) is 11.4 Å². The van der Waals surface area contributed by atoms with Gasteiger partial charge in [-0.2, -0.15) is 0 Å². The predicted molar refractivity (Wildman–Crippen MR) is 128 cm³/mol. The quantitative estimate of drug-likeness (QED) is 0.552. The molecule has 0 bridgehead atoms. The Morgan fingerprint density at radius 3 is 2.36 bits per heavy atom. The molecule has 0 fully saturated rings. The summed E-state index contributed by atoms with van der Waals surface area (Å²) in [6, 6.07) is 13.2. The van der Waals surface area contributed by atoms with Crippen molar-refractivity contribution in [3.8, 4) is 5.69 Å². The Kier molecular flexibility index (Phi) is 6.26. The van der Waals surface area contributed by atoms with Gasteiger partial charge in [-0.05, 0) is 65.6 Å². The lowest BCUT2D eigenvalue weighted by Crippen LogP contribution is -2.38. The number of nitrogens with one attached hydrogen (secondary N) is 1. The van der Waals surface area contributed by atoms with E-state index in [0.717, 1.165) is 10.5 Å². The van der Waals surface area contributed by atoms with Gasteiger partial charge < -0.3 is 5.32 Å². The number of rotatable bonds is 5. The maximum atomic E-state index is 13.5. The lowest BCUT2D eigenvalue weighted by molar-refractivity contribution is 0.0909. The van der Waals surface area contributed by atoms with E-state index in [2.05, 4.69) is 5.32 Å². The molecule has 1 aliphatic carbocycles. The highest BCUT2D eigenvalue weighted by Gasteiger charge is 2.35. The van der Waals surface area contributed by atoms with E-state index in [9.17, 15) is 18.8 Å². The van der Waals surface area contributed by atoms with Gasteiger partial charge in [-0.3, -0.25) is 19.0 Å². The Hall–Kier alpha value is -3.19. The fourth-order valence-corrected chi connectivity index (χ4v) is 4.59. The van der Waals surface area contributed by atoms with Crippen LogP contribution in [0, 0.1) is 11.2 Å². The van der Waals surface area contributed by atoms with Crippen molar-refractivity contribution in [2.45, 2.75) is 38.1 Å². The Balaban J connectivity index is 1.77. The monoisotopic (exact) mass is 464 g/mol. The summed E-state index contributed by atoms with van der Waals surface area (Å²) < 4.78 is 14.7. The van der Waals surface area contributed by atoms with Crippen molar-refractivity contribution in [1.82, 2.24) is 9.88 Å². The van der Waals surface area contributed by atoms with E-state index >= 15 is 0 Å². The van der Waals surface area contributed by atoms with Crippen LogP contribution in [0.2, 0.25) is 0 Å². The number of halogens is 1. The summed E-state index contributed by atoms with van der Waals surface area (Å²) in [4.78, 5) is 40.8. The van der Waals surface area contributed by atoms with Gasteiger partial charge in [-0.25, -0.2) is 4.39 Å². The van der Waals surface area contributed by atoms with Crippen molar-refractivity contribution in [2.75, 3.05) is 6.26 Å². The third kappa shape index (κ3) is 4.78.